The second kappa shape index (κ2) is 12.2. The third-order valence-corrected chi connectivity index (χ3v) is 10.9. The van der Waals surface area contributed by atoms with Crippen molar-refractivity contribution < 1.29 is 9.53 Å². The second-order valence-electron chi connectivity index (χ2n) is 12.5. The van der Waals surface area contributed by atoms with Gasteiger partial charge in [0.15, 0.2) is 6.29 Å². The number of carbonyl (C=O) groups excluding carboxylic acids is 1. The van der Waals surface area contributed by atoms with E-state index in [0.717, 1.165) is 82.4 Å². The molecule has 0 saturated carbocycles. The van der Waals surface area contributed by atoms with Gasteiger partial charge in [-0.15, -0.1) is 11.3 Å². The molecule has 3 aliphatic rings. The van der Waals surface area contributed by atoms with Gasteiger partial charge in [-0.3, -0.25) is 19.3 Å². The first-order valence-electron chi connectivity index (χ1n) is 16.1. The molecule has 2 fully saturated rings. The highest BCUT2D eigenvalue weighted by Crippen LogP contribution is 2.35. The Balaban J connectivity index is 1.08. The molecule has 1 aliphatic carbocycles. The molecule has 0 radical (unpaired) electrons. The molecular weight excluding hydrogens is 614 g/mol. The largest absolute Gasteiger partial charge is 0.378 e. The number of benzene rings is 1. The molecule has 0 spiro atoms. The fourth-order valence-electron chi connectivity index (χ4n) is 6.95. The van der Waals surface area contributed by atoms with Crippen molar-refractivity contribution >= 4 is 44.9 Å². The monoisotopic (exact) mass is 649 g/mol. The van der Waals surface area contributed by atoms with E-state index < -0.39 is 0 Å². The lowest BCUT2D eigenvalue weighted by molar-refractivity contribution is -0.0660. The zero-order chi connectivity index (χ0) is 32.1. The summed E-state index contributed by atoms with van der Waals surface area (Å²) in [6.07, 6.45) is 10.2. The normalized spacial score (nSPS) is 17.0. The van der Waals surface area contributed by atoms with Gasteiger partial charge in [0.25, 0.3) is 11.1 Å². The fraction of sp³-hybridized carbons (Fsp3) is 0.343. The van der Waals surface area contributed by atoms with Gasteiger partial charge in [-0.1, -0.05) is 12.1 Å². The van der Waals surface area contributed by atoms with Crippen LogP contribution in [0.25, 0.3) is 26.9 Å². The Bertz CT molecular complexity index is 2110. The number of pyridine rings is 2. The van der Waals surface area contributed by atoms with Gasteiger partial charge in [-0.25, -0.2) is 4.98 Å². The van der Waals surface area contributed by atoms with Gasteiger partial charge < -0.3 is 19.5 Å². The van der Waals surface area contributed by atoms with Gasteiger partial charge in [-0.05, 0) is 61.1 Å². The van der Waals surface area contributed by atoms with Crippen LogP contribution >= 0.6 is 11.3 Å². The molecule has 0 atom stereocenters. The average Bonchev–Trinajstić information content (AvgIpc) is 3.46. The predicted octanol–water partition coefficient (Wildman–Crippen LogP) is 4.16. The third-order valence-electron chi connectivity index (χ3n) is 9.65. The number of nitrogens with one attached hydrogen (secondary N) is 1. The van der Waals surface area contributed by atoms with Crippen LogP contribution in [0.1, 0.15) is 33.6 Å². The van der Waals surface area contributed by atoms with Crippen LogP contribution in [-0.2, 0) is 24.6 Å². The first-order valence-corrected chi connectivity index (χ1v) is 16.9. The minimum absolute atomic E-state index is 0.227. The van der Waals surface area contributed by atoms with Crippen molar-refractivity contribution in [2.75, 3.05) is 49.6 Å². The highest BCUT2D eigenvalue weighted by atomic mass is 32.1. The number of piperazine rings is 1. The fourth-order valence-corrected chi connectivity index (χ4v) is 8.24. The van der Waals surface area contributed by atoms with Crippen molar-refractivity contribution in [3.05, 3.63) is 91.7 Å². The first kappa shape index (κ1) is 29.7. The van der Waals surface area contributed by atoms with Crippen LogP contribution in [0.4, 0.5) is 17.2 Å². The van der Waals surface area contributed by atoms with Gasteiger partial charge in [0, 0.05) is 60.8 Å². The summed E-state index contributed by atoms with van der Waals surface area (Å²) in [5, 5.41) is 8.64. The molecular formula is C35H35N7O4S. The van der Waals surface area contributed by atoms with Gasteiger partial charge in [-0.2, -0.15) is 9.78 Å². The van der Waals surface area contributed by atoms with Crippen LogP contribution < -0.4 is 21.3 Å². The van der Waals surface area contributed by atoms with E-state index in [1.165, 1.54) is 19.7 Å². The summed E-state index contributed by atoms with van der Waals surface area (Å²) < 4.78 is 8.83. The lowest BCUT2D eigenvalue weighted by Gasteiger charge is -2.43. The average molecular weight is 650 g/mol. The number of aldehydes is 1. The number of aryl methyl sites for hydroxylation is 3. The van der Waals surface area contributed by atoms with Gasteiger partial charge >= 0.3 is 0 Å². The van der Waals surface area contributed by atoms with E-state index in [2.05, 4.69) is 25.2 Å². The van der Waals surface area contributed by atoms with Crippen LogP contribution in [0.5, 0.6) is 0 Å². The summed E-state index contributed by atoms with van der Waals surface area (Å²) >= 11 is 1.55. The number of ether oxygens (including phenoxy) is 1. The van der Waals surface area contributed by atoms with Crippen LogP contribution in [0.2, 0.25) is 0 Å². The maximum absolute atomic E-state index is 13.7. The molecule has 0 unspecified atom stereocenters. The van der Waals surface area contributed by atoms with E-state index in [-0.39, 0.29) is 11.1 Å². The van der Waals surface area contributed by atoms with Gasteiger partial charge in [0.1, 0.15) is 16.2 Å². The third kappa shape index (κ3) is 5.35. The molecule has 2 aliphatic heterocycles. The summed E-state index contributed by atoms with van der Waals surface area (Å²) in [5.74, 6) is 0.542. The number of fused-ring (bicyclic) bond motifs is 3. The number of hydrogen-bond donors (Lipinski definition) is 1. The number of anilines is 3. The Kier molecular flexibility index (Phi) is 7.70. The van der Waals surface area contributed by atoms with E-state index in [4.69, 9.17) is 4.74 Å². The Morgan fingerprint density at radius 1 is 1.00 bits per heavy atom. The molecule has 6 heterocycles. The van der Waals surface area contributed by atoms with Crippen molar-refractivity contribution in [3.8, 4) is 16.8 Å². The topological polar surface area (TPSA) is 115 Å². The molecule has 5 aromatic rings. The molecule has 0 amide bonds. The second-order valence-corrected chi connectivity index (χ2v) is 13.6. The van der Waals surface area contributed by atoms with Crippen molar-refractivity contribution in [2.24, 2.45) is 7.05 Å². The van der Waals surface area contributed by atoms with Crippen LogP contribution in [0.15, 0.2) is 64.6 Å². The molecule has 12 heteroatoms. The lowest BCUT2D eigenvalue weighted by atomic mass is 9.97. The van der Waals surface area contributed by atoms with Crippen molar-refractivity contribution in [2.45, 2.75) is 31.7 Å². The number of nitrogens with zero attached hydrogens (tertiary/aromatic N) is 6. The minimum atomic E-state index is -0.232. The first-order chi connectivity index (χ1) is 23.0. The van der Waals surface area contributed by atoms with Gasteiger partial charge in [0.2, 0.25) is 0 Å². The Morgan fingerprint density at radius 2 is 1.83 bits per heavy atom. The molecule has 240 valence electrons. The minimum Gasteiger partial charge on any atom is -0.378 e. The van der Waals surface area contributed by atoms with E-state index in [9.17, 15) is 14.4 Å². The SMILES string of the molecule is Cn1cc(-c2cccc(-n3ncc4c5c(sc4c3=O)CCCC5)c2C=O)cc(Nc2ccc(N3CCN(C4COC4)CC3)cn2)c1=O. The molecule has 8 rings (SSSR count). The van der Waals surface area contributed by atoms with Crippen LogP contribution in [0.3, 0.4) is 0 Å². The molecule has 4 aromatic heterocycles. The summed E-state index contributed by atoms with van der Waals surface area (Å²) in [6, 6.07) is 11.5. The summed E-state index contributed by atoms with van der Waals surface area (Å²) in [6.45, 7) is 5.50. The van der Waals surface area contributed by atoms with Crippen molar-refractivity contribution in [3.63, 3.8) is 0 Å². The van der Waals surface area contributed by atoms with Crippen LogP contribution in [0, 0.1) is 0 Å². The predicted molar refractivity (Wildman–Crippen MR) is 184 cm³/mol. The summed E-state index contributed by atoms with van der Waals surface area (Å²) in [5.41, 5.74) is 4.10. The van der Waals surface area contributed by atoms with Crippen molar-refractivity contribution in [1.29, 1.82) is 0 Å². The smallest absolute Gasteiger partial charge is 0.289 e. The zero-order valence-corrected chi connectivity index (χ0v) is 27.0. The molecule has 1 N–H and O–H groups in total. The Labute approximate surface area is 275 Å². The molecule has 11 nitrogen and oxygen atoms in total. The zero-order valence-electron chi connectivity index (χ0n) is 26.1. The number of rotatable bonds is 7. The van der Waals surface area contributed by atoms with E-state index in [1.807, 2.05) is 24.4 Å². The number of carbonyl (C=O) groups is 1. The van der Waals surface area contributed by atoms with Crippen molar-refractivity contribution in [1.82, 2.24) is 24.2 Å². The van der Waals surface area contributed by atoms with Gasteiger partial charge in [0.05, 0.1) is 43.0 Å². The lowest BCUT2D eigenvalue weighted by Crippen LogP contribution is -2.56. The number of aromatic nitrogens is 4. The number of hydrogen-bond acceptors (Lipinski definition) is 10. The standard InChI is InChI=1S/C35H35N7O4S/c1-39-18-22(15-29(34(39)44)38-32-10-9-23(16-36-32)40-11-13-41(14-12-40)24-20-46-21-24)25-6-4-7-30(28(25)19-43)42-35(45)33-27(17-37-42)26-5-2-3-8-31(26)47-33/h4,6-7,9-10,15-19,24H,2-3,5,8,11-14,20-21H2,1H3,(H,36,38). The number of thiophene rings is 1. The molecule has 47 heavy (non-hydrogen) atoms. The maximum atomic E-state index is 13.7. The van der Waals surface area contributed by atoms with Crippen LogP contribution in [-0.4, -0.2) is 76.0 Å². The summed E-state index contributed by atoms with van der Waals surface area (Å²) in [4.78, 5) is 50.3. The highest BCUT2D eigenvalue weighted by molar-refractivity contribution is 7.19. The Morgan fingerprint density at radius 3 is 2.57 bits per heavy atom. The maximum Gasteiger partial charge on any atom is 0.289 e. The van der Waals surface area contributed by atoms with E-state index in [1.54, 1.807) is 49.0 Å². The van der Waals surface area contributed by atoms with E-state index >= 15 is 0 Å². The summed E-state index contributed by atoms with van der Waals surface area (Å²) in [7, 11) is 1.67. The molecule has 1 aromatic carbocycles. The Hall–Kier alpha value is -4.65. The molecule has 0 bridgehead atoms. The quantitative estimate of drug-likeness (QED) is 0.260. The molecule has 2 saturated heterocycles. The highest BCUT2D eigenvalue weighted by Gasteiger charge is 2.29. The van der Waals surface area contributed by atoms with E-state index in [0.29, 0.717) is 44.6 Å².